The van der Waals surface area contributed by atoms with Crippen LogP contribution in [0.25, 0.3) is 0 Å². The molecule has 0 aliphatic heterocycles. The molecule has 3 N–H and O–H groups in total. The summed E-state index contributed by atoms with van der Waals surface area (Å²) < 4.78 is 0. The van der Waals surface area contributed by atoms with Crippen molar-refractivity contribution in [3.63, 3.8) is 0 Å². The van der Waals surface area contributed by atoms with E-state index in [1.54, 1.807) is 18.0 Å². The van der Waals surface area contributed by atoms with Crippen molar-refractivity contribution in [2.45, 2.75) is 90.8 Å². The zero-order valence-electron chi connectivity index (χ0n) is 23.2. The minimum Gasteiger partial charge on any atom is -0.478 e. The second-order valence-electron chi connectivity index (χ2n) is 11.6. The summed E-state index contributed by atoms with van der Waals surface area (Å²) in [4.78, 5) is 40.7. The number of benzene rings is 1. The van der Waals surface area contributed by atoms with E-state index in [4.69, 9.17) is 0 Å². The molecular weight excluding hydrogens is 454 g/mol. The van der Waals surface area contributed by atoms with E-state index in [1.807, 2.05) is 59.9 Å². The molecule has 200 valence electrons. The predicted octanol–water partition coefficient (Wildman–Crippen LogP) is 4.13. The molecule has 1 aliphatic carbocycles. The largest absolute Gasteiger partial charge is 0.478 e. The smallest absolute Gasteiger partial charge is 0.331 e. The Kier molecular flexibility index (Phi) is 9.89. The molecule has 0 bridgehead atoms. The highest BCUT2D eigenvalue weighted by Gasteiger charge is 2.47. The topological polar surface area (TPSA) is 98.7 Å². The Morgan fingerprint density at radius 1 is 1.08 bits per heavy atom. The monoisotopic (exact) mass is 499 g/mol. The molecule has 1 fully saturated rings. The van der Waals surface area contributed by atoms with Crippen molar-refractivity contribution in [2.75, 3.05) is 14.1 Å². The number of rotatable bonds is 10. The van der Waals surface area contributed by atoms with Crippen molar-refractivity contribution in [3.8, 4) is 0 Å². The van der Waals surface area contributed by atoms with Crippen molar-refractivity contribution >= 4 is 17.8 Å². The third-order valence-electron chi connectivity index (χ3n) is 7.58. The molecule has 3 atom stereocenters. The fourth-order valence-corrected chi connectivity index (χ4v) is 5.48. The Bertz CT molecular complexity index is 943. The van der Waals surface area contributed by atoms with E-state index in [0.29, 0.717) is 0 Å². The van der Waals surface area contributed by atoms with Crippen LogP contribution in [-0.2, 0) is 19.8 Å². The molecule has 0 heterocycles. The molecule has 7 nitrogen and oxygen atoms in total. The fraction of sp³-hybridized carbons (Fsp3) is 0.621. The van der Waals surface area contributed by atoms with Gasteiger partial charge in [-0.05, 0) is 43.7 Å². The number of hydrogen-bond donors (Lipinski definition) is 3. The number of carboxylic acid groups (broad SMARTS) is 1. The zero-order valence-corrected chi connectivity index (χ0v) is 23.2. The molecule has 2 amide bonds. The first-order valence-electron chi connectivity index (χ1n) is 13.0. The highest BCUT2D eigenvalue weighted by molar-refractivity contribution is 5.92. The lowest BCUT2D eigenvalue weighted by atomic mass is 9.72. The Morgan fingerprint density at radius 3 is 2.08 bits per heavy atom. The van der Waals surface area contributed by atoms with Crippen molar-refractivity contribution in [2.24, 2.45) is 11.3 Å². The lowest BCUT2D eigenvalue weighted by Gasteiger charge is -2.41. The van der Waals surface area contributed by atoms with Gasteiger partial charge in [0, 0.05) is 18.0 Å². The summed E-state index contributed by atoms with van der Waals surface area (Å²) in [7, 11) is 3.49. The molecule has 1 unspecified atom stereocenters. The maximum Gasteiger partial charge on any atom is 0.331 e. The third-order valence-corrected chi connectivity index (χ3v) is 7.58. The Morgan fingerprint density at radius 2 is 1.64 bits per heavy atom. The molecule has 1 aromatic carbocycles. The van der Waals surface area contributed by atoms with Crippen molar-refractivity contribution in [1.29, 1.82) is 0 Å². The van der Waals surface area contributed by atoms with E-state index in [0.717, 1.165) is 31.2 Å². The molecular formula is C29H45N3O4. The van der Waals surface area contributed by atoms with E-state index in [-0.39, 0.29) is 28.7 Å². The number of nitrogens with zero attached hydrogens (tertiary/aromatic N) is 1. The minimum absolute atomic E-state index is 0.00512. The van der Waals surface area contributed by atoms with E-state index in [2.05, 4.69) is 22.8 Å². The van der Waals surface area contributed by atoms with Gasteiger partial charge >= 0.3 is 5.97 Å². The molecule has 0 radical (unpaired) electrons. The number of hydrogen-bond acceptors (Lipinski definition) is 4. The summed E-state index contributed by atoms with van der Waals surface area (Å²) in [6.45, 7) is 11.2. The van der Waals surface area contributed by atoms with E-state index < -0.39 is 29.5 Å². The van der Waals surface area contributed by atoms with Gasteiger partial charge in [-0.3, -0.25) is 9.59 Å². The third kappa shape index (κ3) is 6.55. The second kappa shape index (κ2) is 12.0. The van der Waals surface area contributed by atoms with Crippen LogP contribution in [0.5, 0.6) is 0 Å². The van der Waals surface area contributed by atoms with Crippen LogP contribution in [-0.4, -0.2) is 60.0 Å². The van der Waals surface area contributed by atoms with Gasteiger partial charge in [0.05, 0.1) is 12.1 Å². The standard InChI is InChI=1S/C29H45N3O4/c1-19(2)22(18-20(3)27(35)36)32(8)26(34)24(28(4,5)6)31-25(33)23(30-7)29(16-12-13-17-29)21-14-10-9-11-15-21/h9-11,14-15,18-19,22-24,30H,12-13,16-17H2,1-8H3,(H,31,33)(H,35,36)/t22-,23?,24-/m1/s1. The average molecular weight is 500 g/mol. The van der Waals surface area contributed by atoms with Crippen LogP contribution >= 0.6 is 0 Å². The van der Waals surface area contributed by atoms with Crippen LogP contribution in [0.15, 0.2) is 42.0 Å². The first kappa shape index (κ1) is 29.6. The van der Waals surface area contributed by atoms with Gasteiger partial charge in [-0.1, -0.05) is 83.9 Å². The maximum atomic E-state index is 13.9. The van der Waals surface area contributed by atoms with Gasteiger partial charge in [0.25, 0.3) is 0 Å². The molecule has 0 aromatic heterocycles. The second-order valence-corrected chi connectivity index (χ2v) is 11.6. The lowest BCUT2D eigenvalue weighted by molar-refractivity contribution is -0.141. The molecule has 7 heteroatoms. The van der Waals surface area contributed by atoms with Crippen LogP contribution in [0.1, 0.15) is 72.8 Å². The maximum absolute atomic E-state index is 13.9. The van der Waals surface area contributed by atoms with Crippen molar-refractivity contribution in [3.05, 3.63) is 47.5 Å². The normalized spacial score (nSPS) is 18.4. The number of aliphatic carboxylic acids is 1. The average Bonchev–Trinajstić information content (AvgIpc) is 3.30. The van der Waals surface area contributed by atoms with E-state index >= 15 is 0 Å². The number of amides is 2. The molecule has 1 aromatic rings. The van der Waals surface area contributed by atoms with Crippen LogP contribution in [0.4, 0.5) is 0 Å². The predicted molar refractivity (Wildman–Crippen MR) is 144 cm³/mol. The Hall–Kier alpha value is -2.67. The molecule has 1 aliphatic rings. The fourth-order valence-electron chi connectivity index (χ4n) is 5.48. The molecule has 0 spiro atoms. The number of carbonyl (C=O) groups is 3. The highest BCUT2D eigenvalue weighted by Crippen LogP contribution is 2.44. The van der Waals surface area contributed by atoms with Crippen LogP contribution < -0.4 is 10.6 Å². The number of carbonyl (C=O) groups excluding carboxylic acids is 2. The quantitative estimate of drug-likeness (QED) is 0.421. The molecule has 0 saturated heterocycles. The van der Waals surface area contributed by atoms with Crippen molar-refractivity contribution < 1.29 is 19.5 Å². The summed E-state index contributed by atoms with van der Waals surface area (Å²) >= 11 is 0. The van der Waals surface area contributed by atoms with E-state index in [9.17, 15) is 19.5 Å². The summed E-state index contributed by atoms with van der Waals surface area (Å²) in [6, 6.07) is 8.50. The van der Waals surface area contributed by atoms with Crippen molar-refractivity contribution in [1.82, 2.24) is 15.5 Å². The van der Waals surface area contributed by atoms with Gasteiger partial charge in [0.15, 0.2) is 0 Å². The Balaban J connectivity index is 2.39. The van der Waals surface area contributed by atoms with Gasteiger partial charge in [0.2, 0.25) is 11.8 Å². The molecule has 36 heavy (non-hydrogen) atoms. The van der Waals surface area contributed by atoms with Gasteiger partial charge < -0.3 is 20.6 Å². The highest BCUT2D eigenvalue weighted by atomic mass is 16.4. The van der Waals surface area contributed by atoms with E-state index in [1.165, 1.54) is 6.92 Å². The van der Waals surface area contributed by atoms with Crippen LogP contribution in [0, 0.1) is 11.3 Å². The summed E-state index contributed by atoms with van der Waals surface area (Å²) in [5, 5.41) is 15.7. The summed E-state index contributed by atoms with van der Waals surface area (Å²) in [5.41, 5.74) is 0.439. The first-order valence-corrected chi connectivity index (χ1v) is 13.0. The number of likely N-dealkylation sites (N-methyl/N-ethyl adjacent to an activating group) is 2. The van der Waals surface area contributed by atoms with Gasteiger partial charge in [0.1, 0.15) is 6.04 Å². The zero-order chi connectivity index (χ0) is 27.3. The van der Waals surface area contributed by atoms with Gasteiger partial charge in [-0.2, -0.15) is 0 Å². The minimum atomic E-state index is -1.01. The molecule has 1 saturated carbocycles. The first-order chi connectivity index (χ1) is 16.8. The Labute approximate surface area is 216 Å². The lowest BCUT2D eigenvalue weighted by Crippen LogP contribution is -2.62. The molecule has 2 rings (SSSR count). The number of carboxylic acids is 1. The van der Waals surface area contributed by atoms with Gasteiger partial charge in [-0.15, -0.1) is 0 Å². The number of nitrogens with one attached hydrogen (secondary N) is 2. The van der Waals surface area contributed by atoms with Crippen LogP contribution in [0.2, 0.25) is 0 Å². The van der Waals surface area contributed by atoms with Crippen LogP contribution in [0.3, 0.4) is 0 Å². The summed E-state index contributed by atoms with van der Waals surface area (Å²) in [5.74, 6) is -1.45. The summed E-state index contributed by atoms with van der Waals surface area (Å²) in [6.07, 6.45) is 5.52. The SMILES string of the molecule is CNC(C(=O)N[C@H](C(=O)N(C)[C@H](C=C(C)C(=O)O)C(C)C)C(C)(C)C)C1(c2ccccc2)CCCC1. The van der Waals surface area contributed by atoms with Gasteiger partial charge in [-0.25, -0.2) is 4.79 Å².